The van der Waals surface area contributed by atoms with Gasteiger partial charge in [0.1, 0.15) is 0 Å². The monoisotopic (exact) mass is 370 g/mol. The van der Waals surface area contributed by atoms with Gasteiger partial charge in [0.15, 0.2) is 11.5 Å². The van der Waals surface area contributed by atoms with E-state index >= 15 is 0 Å². The van der Waals surface area contributed by atoms with Crippen molar-refractivity contribution in [3.05, 3.63) is 54.1 Å². The van der Waals surface area contributed by atoms with Gasteiger partial charge in [0.25, 0.3) is 0 Å². The summed E-state index contributed by atoms with van der Waals surface area (Å²) < 4.78 is 11.2. The largest absolute Gasteiger partial charge is 0.490 e. The molecule has 0 saturated carbocycles. The Morgan fingerprint density at radius 2 is 1.63 bits per heavy atom. The van der Waals surface area contributed by atoms with Crippen LogP contribution < -0.4 is 20.1 Å². The van der Waals surface area contributed by atoms with E-state index in [1.54, 1.807) is 0 Å². The number of carbonyl (C=O) groups excluding carboxylic acids is 2. The highest BCUT2D eigenvalue weighted by atomic mass is 16.5. The first-order valence-corrected chi connectivity index (χ1v) is 9.06. The third kappa shape index (κ3) is 7.40. The quantitative estimate of drug-likeness (QED) is 0.628. The molecule has 0 aliphatic rings. The zero-order chi connectivity index (χ0) is 19.5. The molecule has 2 N–H and O–H groups in total. The van der Waals surface area contributed by atoms with E-state index in [1.165, 1.54) is 6.92 Å². The lowest BCUT2D eigenvalue weighted by molar-refractivity contribution is -0.121. The van der Waals surface area contributed by atoms with Crippen molar-refractivity contribution in [3.8, 4) is 11.5 Å². The van der Waals surface area contributed by atoms with E-state index in [-0.39, 0.29) is 11.8 Å². The van der Waals surface area contributed by atoms with Gasteiger partial charge in [0, 0.05) is 25.6 Å². The van der Waals surface area contributed by atoms with E-state index < -0.39 is 0 Å². The summed E-state index contributed by atoms with van der Waals surface area (Å²) in [6.07, 6.45) is 1.01. The minimum Gasteiger partial charge on any atom is -0.490 e. The Bertz CT molecular complexity index is 744. The molecule has 6 nitrogen and oxygen atoms in total. The van der Waals surface area contributed by atoms with Crippen molar-refractivity contribution in [2.24, 2.45) is 0 Å². The standard InChI is InChI=1S/C21H26N2O4/c1-3-26-19-7-4-5-8-20(19)27-14-6-9-21(25)22-15-17-10-12-18(13-11-17)23-16(2)24/h4-5,7-8,10-13H,3,6,9,14-15H2,1-2H3,(H,22,25)(H,23,24). The van der Waals surface area contributed by atoms with Gasteiger partial charge in [-0.15, -0.1) is 0 Å². The number of para-hydroxylation sites is 2. The molecule has 0 heterocycles. The van der Waals surface area contributed by atoms with Crippen LogP contribution in [0.25, 0.3) is 0 Å². The van der Waals surface area contributed by atoms with E-state index in [9.17, 15) is 9.59 Å². The van der Waals surface area contributed by atoms with Crippen molar-refractivity contribution in [2.75, 3.05) is 18.5 Å². The van der Waals surface area contributed by atoms with E-state index in [2.05, 4.69) is 10.6 Å². The van der Waals surface area contributed by atoms with Crippen molar-refractivity contribution >= 4 is 17.5 Å². The summed E-state index contributed by atoms with van der Waals surface area (Å²) in [6.45, 7) is 4.87. The van der Waals surface area contributed by atoms with Crippen LogP contribution >= 0.6 is 0 Å². The van der Waals surface area contributed by atoms with Crippen LogP contribution in [0.5, 0.6) is 11.5 Å². The van der Waals surface area contributed by atoms with Gasteiger partial charge >= 0.3 is 0 Å². The van der Waals surface area contributed by atoms with Crippen molar-refractivity contribution < 1.29 is 19.1 Å². The van der Waals surface area contributed by atoms with Crippen LogP contribution in [0.3, 0.4) is 0 Å². The molecule has 0 spiro atoms. The summed E-state index contributed by atoms with van der Waals surface area (Å²) in [4.78, 5) is 23.0. The van der Waals surface area contributed by atoms with Crippen LogP contribution in [0.2, 0.25) is 0 Å². The molecule has 0 saturated heterocycles. The molecule has 2 aromatic rings. The van der Waals surface area contributed by atoms with Gasteiger partial charge < -0.3 is 20.1 Å². The lowest BCUT2D eigenvalue weighted by atomic mass is 10.2. The minimum absolute atomic E-state index is 0.0253. The highest BCUT2D eigenvalue weighted by molar-refractivity contribution is 5.88. The van der Waals surface area contributed by atoms with E-state index in [0.29, 0.717) is 44.1 Å². The molecule has 0 radical (unpaired) electrons. The highest BCUT2D eigenvalue weighted by Crippen LogP contribution is 2.26. The molecule has 2 rings (SSSR count). The number of benzene rings is 2. The second kappa shape index (κ2) is 10.9. The van der Waals surface area contributed by atoms with Crippen LogP contribution in [0.1, 0.15) is 32.3 Å². The topological polar surface area (TPSA) is 76.7 Å². The van der Waals surface area contributed by atoms with Gasteiger partial charge in [-0.05, 0) is 43.2 Å². The summed E-state index contributed by atoms with van der Waals surface area (Å²) in [7, 11) is 0. The SMILES string of the molecule is CCOc1ccccc1OCCCC(=O)NCc1ccc(NC(C)=O)cc1. The molecule has 144 valence electrons. The molecule has 0 aliphatic heterocycles. The first kappa shape index (κ1) is 20.3. The fourth-order valence-corrected chi connectivity index (χ4v) is 2.46. The molecule has 0 atom stereocenters. The Morgan fingerprint density at radius 1 is 0.963 bits per heavy atom. The molecular formula is C21H26N2O4. The normalized spacial score (nSPS) is 10.1. The summed E-state index contributed by atoms with van der Waals surface area (Å²) >= 11 is 0. The van der Waals surface area contributed by atoms with Gasteiger partial charge in [-0.3, -0.25) is 9.59 Å². The van der Waals surface area contributed by atoms with Crippen molar-refractivity contribution in [1.29, 1.82) is 0 Å². The molecule has 27 heavy (non-hydrogen) atoms. The number of amides is 2. The van der Waals surface area contributed by atoms with Crippen LogP contribution in [0.4, 0.5) is 5.69 Å². The average Bonchev–Trinajstić information content (AvgIpc) is 2.65. The van der Waals surface area contributed by atoms with Crippen LogP contribution in [-0.2, 0) is 16.1 Å². The molecule has 2 aromatic carbocycles. The summed E-state index contributed by atoms with van der Waals surface area (Å²) in [5.74, 6) is 1.27. The van der Waals surface area contributed by atoms with Gasteiger partial charge in [-0.1, -0.05) is 24.3 Å². The fraction of sp³-hybridized carbons (Fsp3) is 0.333. The molecule has 0 aliphatic carbocycles. The highest BCUT2D eigenvalue weighted by Gasteiger charge is 2.05. The lowest BCUT2D eigenvalue weighted by Crippen LogP contribution is -2.23. The summed E-state index contributed by atoms with van der Waals surface area (Å²) in [6, 6.07) is 14.9. The number of carbonyl (C=O) groups is 2. The second-order valence-corrected chi connectivity index (χ2v) is 5.99. The number of anilines is 1. The Balaban J connectivity index is 1.67. The molecule has 0 bridgehead atoms. The molecule has 0 aromatic heterocycles. The zero-order valence-electron chi connectivity index (χ0n) is 15.8. The molecule has 0 fully saturated rings. The third-order valence-electron chi connectivity index (χ3n) is 3.72. The minimum atomic E-state index is -0.109. The molecule has 0 unspecified atom stereocenters. The molecular weight excluding hydrogens is 344 g/mol. The van der Waals surface area contributed by atoms with E-state index in [4.69, 9.17) is 9.47 Å². The molecule has 2 amide bonds. The molecule has 6 heteroatoms. The maximum Gasteiger partial charge on any atom is 0.221 e. The Kier molecular flexibility index (Phi) is 8.16. The van der Waals surface area contributed by atoms with Crippen molar-refractivity contribution in [1.82, 2.24) is 5.32 Å². The van der Waals surface area contributed by atoms with Gasteiger partial charge in [0.05, 0.1) is 13.2 Å². The zero-order valence-corrected chi connectivity index (χ0v) is 15.8. The predicted octanol–water partition coefficient (Wildman–Crippen LogP) is 3.52. The van der Waals surface area contributed by atoms with Gasteiger partial charge in [-0.25, -0.2) is 0 Å². The van der Waals surface area contributed by atoms with Crippen LogP contribution in [0, 0.1) is 0 Å². The average molecular weight is 370 g/mol. The fourth-order valence-electron chi connectivity index (χ4n) is 2.46. The number of nitrogens with one attached hydrogen (secondary N) is 2. The van der Waals surface area contributed by atoms with Crippen molar-refractivity contribution in [3.63, 3.8) is 0 Å². The maximum absolute atomic E-state index is 12.0. The first-order chi connectivity index (χ1) is 13.1. The smallest absolute Gasteiger partial charge is 0.221 e. The van der Waals surface area contributed by atoms with Gasteiger partial charge in [-0.2, -0.15) is 0 Å². The Morgan fingerprint density at radius 3 is 2.26 bits per heavy atom. The number of ether oxygens (including phenoxy) is 2. The lowest BCUT2D eigenvalue weighted by Gasteiger charge is -2.11. The predicted molar refractivity (Wildman–Crippen MR) is 105 cm³/mol. The van der Waals surface area contributed by atoms with E-state index in [1.807, 2.05) is 55.5 Å². The van der Waals surface area contributed by atoms with Crippen LogP contribution in [-0.4, -0.2) is 25.0 Å². The summed E-state index contributed by atoms with van der Waals surface area (Å²) in [5.41, 5.74) is 1.71. The number of rotatable bonds is 10. The van der Waals surface area contributed by atoms with Gasteiger partial charge in [0.2, 0.25) is 11.8 Å². The number of hydrogen-bond donors (Lipinski definition) is 2. The first-order valence-electron chi connectivity index (χ1n) is 9.06. The van der Waals surface area contributed by atoms with E-state index in [0.717, 1.165) is 11.3 Å². The van der Waals surface area contributed by atoms with Crippen LogP contribution in [0.15, 0.2) is 48.5 Å². The number of hydrogen-bond acceptors (Lipinski definition) is 4. The second-order valence-electron chi connectivity index (χ2n) is 5.99. The summed E-state index contributed by atoms with van der Waals surface area (Å²) in [5, 5.41) is 5.59. The third-order valence-corrected chi connectivity index (χ3v) is 3.72. The Labute approximate surface area is 159 Å². The van der Waals surface area contributed by atoms with Crippen molar-refractivity contribution in [2.45, 2.75) is 33.2 Å². The Hall–Kier alpha value is -3.02. The maximum atomic E-state index is 12.0.